The van der Waals surface area contributed by atoms with Crippen molar-refractivity contribution < 1.29 is 19.0 Å². The van der Waals surface area contributed by atoms with Gasteiger partial charge in [-0.3, -0.25) is 4.90 Å². The topological polar surface area (TPSA) is 48.0 Å². The highest BCUT2D eigenvalue weighted by Gasteiger charge is 2.10. The van der Waals surface area contributed by atoms with E-state index in [9.17, 15) is 4.79 Å². The molecule has 3 rings (SSSR count). The summed E-state index contributed by atoms with van der Waals surface area (Å²) in [5.74, 6) is 0.444. The first-order chi connectivity index (χ1) is 12.8. The van der Waals surface area contributed by atoms with Gasteiger partial charge >= 0.3 is 5.97 Å². The molecule has 138 valence electrons. The number of hydrogen-bond acceptors (Lipinski definition) is 5. The molecular weight excluding hydrogens is 330 g/mol. The quantitative estimate of drug-likeness (QED) is 0.538. The molecule has 5 nitrogen and oxygen atoms in total. The summed E-state index contributed by atoms with van der Waals surface area (Å²) in [7, 11) is 0. The van der Waals surface area contributed by atoms with Gasteiger partial charge in [-0.05, 0) is 36.2 Å². The van der Waals surface area contributed by atoms with Gasteiger partial charge in [-0.15, -0.1) is 0 Å². The minimum atomic E-state index is -0.326. The Morgan fingerprint density at radius 2 is 1.73 bits per heavy atom. The predicted octanol–water partition coefficient (Wildman–Crippen LogP) is 3.14. The first-order valence-electron chi connectivity index (χ1n) is 9.05. The molecule has 1 fully saturated rings. The summed E-state index contributed by atoms with van der Waals surface area (Å²) >= 11 is 0. The molecule has 0 aliphatic carbocycles. The SMILES string of the molecule is O=C(OCc1ccccc1)c1ccc(OCCCN2CCOCC2)cc1. The molecule has 1 aliphatic rings. The van der Waals surface area contributed by atoms with Crippen LogP contribution in [0.1, 0.15) is 22.3 Å². The van der Waals surface area contributed by atoms with Crippen LogP contribution in [0.5, 0.6) is 5.75 Å². The number of rotatable bonds is 8. The van der Waals surface area contributed by atoms with Crippen LogP contribution in [0.15, 0.2) is 54.6 Å². The Labute approximate surface area is 154 Å². The third-order valence-corrected chi connectivity index (χ3v) is 4.29. The summed E-state index contributed by atoms with van der Waals surface area (Å²) in [6.45, 7) is 5.60. The van der Waals surface area contributed by atoms with E-state index in [1.165, 1.54) is 0 Å². The van der Waals surface area contributed by atoms with Gasteiger partial charge in [0.1, 0.15) is 12.4 Å². The molecule has 26 heavy (non-hydrogen) atoms. The van der Waals surface area contributed by atoms with Gasteiger partial charge in [0, 0.05) is 19.6 Å². The molecule has 0 amide bonds. The lowest BCUT2D eigenvalue weighted by Crippen LogP contribution is -2.37. The lowest BCUT2D eigenvalue weighted by Gasteiger charge is -2.26. The van der Waals surface area contributed by atoms with E-state index < -0.39 is 0 Å². The van der Waals surface area contributed by atoms with Gasteiger partial charge in [0.2, 0.25) is 0 Å². The smallest absolute Gasteiger partial charge is 0.338 e. The summed E-state index contributed by atoms with van der Waals surface area (Å²) in [6, 6.07) is 16.8. The molecular formula is C21H25NO4. The van der Waals surface area contributed by atoms with Gasteiger partial charge in [-0.1, -0.05) is 30.3 Å². The molecule has 0 spiro atoms. The second-order valence-corrected chi connectivity index (χ2v) is 6.24. The largest absolute Gasteiger partial charge is 0.494 e. The molecule has 1 aliphatic heterocycles. The van der Waals surface area contributed by atoms with Crippen molar-refractivity contribution in [2.45, 2.75) is 13.0 Å². The fourth-order valence-electron chi connectivity index (χ4n) is 2.80. The van der Waals surface area contributed by atoms with Gasteiger partial charge in [-0.25, -0.2) is 4.79 Å². The van der Waals surface area contributed by atoms with E-state index in [0.29, 0.717) is 12.2 Å². The average molecular weight is 355 g/mol. The Morgan fingerprint density at radius 3 is 2.46 bits per heavy atom. The van der Waals surface area contributed by atoms with Crippen LogP contribution in [0.4, 0.5) is 0 Å². The van der Waals surface area contributed by atoms with E-state index in [0.717, 1.165) is 50.6 Å². The Balaban J connectivity index is 1.37. The van der Waals surface area contributed by atoms with Crippen LogP contribution in [-0.4, -0.2) is 50.3 Å². The van der Waals surface area contributed by atoms with Crippen LogP contribution < -0.4 is 4.74 Å². The molecule has 0 atom stereocenters. The van der Waals surface area contributed by atoms with Crippen molar-refractivity contribution in [3.63, 3.8) is 0 Å². The normalized spacial score (nSPS) is 14.8. The number of morpholine rings is 1. The fraction of sp³-hybridized carbons (Fsp3) is 0.381. The second-order valence-electron chi connectivity index (χ2n) is 6.24. The van der Waals surface area contributed by atoms with E-state index in [1.807, 2.05) is 42.5 Å². The Hall–Kier alpha value is -2.37. The van der Waals surface area contributed by atoms with Gasteiger partial charge in [-0.2, -0.15) is 0 Å². The lowest BCUT2D eigenvalue weighted by atomic mass is 10.2. The molecule has 0 aromatic heterocycles. The van der Waals surface area contributed by atoms with Crippen molar-refractivity contribution in [2.75, 3.05) is 39.5 Å². The predicted molar refractivity (Wildman–Crippen MR) is 99.4 cm³/mol. The van der Waals surface area contributed by atoms with Crippen LogP contribution in [0.2, 0.25) is 0 Å². The zero-order valence-electron chi connectivity index (χ0n) is 14.9. The van der Waals surface area contributed by atoms with Gasteiger partial charge < -0.3 is 14.2 Å². The van der Waals surface area contributed by atoms with Crippen LogP contribution >= 0.6 is 0 Å². The summed E-state index contributed by atoms with van der Waals surface area (Å²) < 4.78 is 16.4. The van der Waals surface area contributed by atoms with Crippen molar-refractivity contribution in [1.82, 2.24) is 4.90 Å². The maximum atomic E-state index is 12.1. The monoisotopic (exact) mass is 355 g/mol. The molecule has 0 bridgehead atoms. The minimum Gasteiger partial charge on any atom is -0.494 e. The maximum Gasteiger partial charge on any atom is 0.338 e. The lowest BCUT2D eigenvalue weighted by molar-refractivity contribution is 0.0358. The number of ether oxygens (including phenoxy) is 3. The van der Waals surface area contributed by atoms with E-state index in [1.54, 1.807) is 12.1 Å². The molecule has 1 heterocycles. The zero-order valence-corrected chi connectivity index (χ0v) is 14.9. The van der Waals surface area contributed by atoms with Crippen molar-refractivity contribution in [1.29, 1.82) is 0 Å². The van der Waals surface area contributed by atoms with Gasteiger partial charge in [0.25, 0.3) is 0 Å². The Morgan fingerprint density at radius 1 is 1.00 bits per heavy atom. The summed E-state index contributed by atoms with van der Waals surface area (Å²) in [5.41, 5.74) is 1.50. The molecule has 1 saturated heterocycles. The van der Waals surface area contributed by atoms with Crippen LogP contribution in [0.3, 0.4) is 0 Å². The number of nitrogens with zero attached hydrogens (tertiary/aromatic N) is 1. The maximum absolute atomic E-state index is 12.1. The summed E-state index contributed by atoms with van der Waals surface area (Å²) in [6.07, 6.45) is 0.973. The van der Waals surface area contributed by atoms with Crippen molar-refractivity contribution in [2.24, 2.45) is 0 Å². The summed E-state index contributed by atoms with van der Waals surface area (Å²) in [5, 5.41) is 0. The fourth-order valence-corrected chi connectivity index (χ4v) is 2.80. The van der Waals surface area contributed by atoms with E-state index >= 15 is 0 Å². The average Bonchev–Trinajstić information content (AvgIpc) is 2.71. The van der Waals surface area contributed by atoms with Crippen molar-refractivity contribution in [3.05, 3.63) is 65.7 Å². The number of hydrogen-bond donors (Lipinski definition) is 0. The molecule has 0 radical (unpaired) electrons. The molecule has 5 heteroatoms. The third kappa shape index (κ3) is 5.86. The minimum absolute atomic E-state index is 0.277. The van der Waals surface area contributed by atoms with Crippen molar-refractivity contribution >= 4 is 5.97 Å². The second kappa shape index (κ2) is 9.94. The molecule has 2 aromatic carbocycles. The standard InChI is InChI=1S/C21H25NO4/c23-21(26-17-18-5-2-1-3-6-18)19-7-9-20(10-8-19)25-14-4-11-22-12-15-24-16-13-22/h1-3,5-10H,4,11-17H2. The summed E-state index contributed by atoms with van der Waals surface area (Å²) in [4.78, 5) is 14.5. The van der Waals surface area contributed by atoms with Crippen LogP contribution in [-0.2, 0) is 16.1 Å². The van der Waals surface area contributed by atoms with Gasteiger partial charge in [0.05, 0.1) is 25.4 Å². The number of benzene rings is 2. The van der Waals surface area contributed by atoms with Crippen LogP contribution in [0, 0.1) is 0 Å². The number of carbonyl (C=O) groups excluding carboxylic acids is 1. The molecule has 2 aromatic rings. The van der Waals surface area contributed by atoms with E-state index in [4.69, 9.17) is 14.2 Å². The van der Waals surface area contributed by atoms with Crippen LogP contribution in [0.25, 0.3) is 0 Å². The highest BCUT2D eigenvalue weighted by molar-refractivity contribution is 5.89. The highest BCUT2D eigenvalue weighted by Crippen LogP contribution is 2.14. The first kappa shape index (κ1) is 18.4. The van der Waals surface area contributed by atoms with Gasteiger partial charge in [0.15, 0.2) is 0 Å². The molecule has 0 unspecified atom stereocenters. The van der Waals surface area contributed by atoms with E-state index in [2.05, 4.69) is 4.90 Å². The Kier molecular flexibility index (Phi) is 7.05. The van der Waals surface area contributed by atoms with E-state index in [-0.39, 0.29) is 12.6 Å². The first-order valence-corrected chi connectivity index (χ1v) is 9.05. The zero-order chi connectivity index (χ0) is 18.0. The number of carbonyl (C=O) groups is 1. The van der Waals surface area contributed by atoms with Crippen molar-refractivity contribution in [3.8, 4) is 5.75 Å². The number of esters is 1. The highest BCUT2D eigenvalue weighted by atomic mass is 16.5. The Bertz CT molecular complexity index is 666. The molecule has 0 saturated carbocycles. The third-order valence-electron chi connectivity index (χ3n) is 4.29. The molecule has 0 N–H and O–H groups in total.